The lowest BCUT2D eigenvalue weighted by Crippen LogP contribution is -2.19. The number of carbonyl (C=O) groups excluding carboxylic acids is 1. The van der Waals surface area contributed by atoms with E-state index in [0.717, 1.165) is 24.1 Å². The zero-order valence-electron chi connectivity index (χ0n) is 16.9. The molecule has 2 atom stereocenters. The summed E-state index contributed by atoms with van der Waals surface area (Å²) in [7, 11) is 0. The maximum atomic E-state index is 14.5. The first-order valence-electron chi connectivity index (χ1n) is 9.92. The maximum Gasteiger partial charge on any atom is 0.136 e. The summed E-state index contributed by atoms with van der Waals surface area (Å²) in [4.78, 5) is 16.9. The lowest BCUT2D eigenvalue weighted by Gasteiger charge is -2.17. The number of benzene rings is 1. The highest BCUT2D eigenvalue weighted by molar-refractivity contribution is 5.81. The lowest BCUT2D eigenvalue weighted by molar-refractivity contribution is -0.124. The van der Waals surface area contributed by atoms with Gasteiger partial charge in [-0.15, -0.1) is 0 Å². The van der Waals surface area contributed by atoms with Gasteiger partial charge in [-0.2, -0.15) is 0 Å². The molecule has 3 rings (SSSR count). The fourth-order valence-electron chi connectivity index (χ4n) is 3.55. The Morgan fingerprint density at radius 2 is 2.00 bits per heavy atom. The summed E-state index contributed by atoms with van der Waals surface area (Å²) in [6.45, 7) is 7.58. The number of fused-ring (bicyclic) bond motifs is 1. The molecular weight excluding hydrogens is 356 g/mol. The van der Waals surface area contributed by atoms with Gasteiger partial charge in [-0.05, 0) is 61.4 Å². The molecule has 0 saturated carbocycles. The molecule has 1 aromatic carbocycles. The molecule has 2 unspecified atom stereocenters. The van der Waals surface area contributed by atoms with E-state index in [1.165, 1.54) is 19.1 Å². The van der Waals surface area contributed by atoms with Crippen LogP contribution in [0.1, 0.15) is 50.4 Å². The molecule has 0 radical (unpaired) electrons. The van der Waals surface area contributed by atoms with Crippen molar-refractivity contribution in [2.75, 3.05) is 0 Å². The third-order valence-corrected chi connectivity index (χ3v) is 5.91. The van der Waals surface area contributed by atoms with Crippen molar-refractivity contribution < 1.29 is 13.6 Å². The van der Waals surface area contributed by atoms with E-state index >= 15 is 0 Å². The number of allylic oxidation sites excluding steroid dienone is 1. The van der Waals surface area contributed by atoms with Crippen LogP contribution in [0.2, 0.25) is 0 Å². The standard InChI is InChI=1S/C24H27F2NO/c1-14(2)15(3)23(28)11-17-5-7-18-12-19(13-27-22(18)10-6-17)20-8-9-21(25)16(4)24(20)26/h6,8-10,12-15,17H,5,7,11H2,1-4H3. The summed E-state index contributed by atoms with van der Waals surface area (Å²) in [5, 5.41) is 0. The Labute approximate surface area is 165 Å². The number of hydrogen-bond acceptors (Lipinski definition) is 2. The number of rotatable bonds is 5. The number of nitrogens with zero attached hydrogens (tertiary/aromatic N) is 1. The number of aromatic nitrogens is 1. The third kappa shape index (κ3) is 4.21. The number of ketones is 1. The molecule has 0 spiro atoms. The van der Waals surface area contributed by atoms with Crippen molar-refractivity contribution in [3.8, 4) is 11.1 Å². The second kappa shape index (κ2) is 8.34. The van der Waals surface area contributed by atoms with Crippen molar-refractivity contribution in [2.24, 2.45) is 17.8 Å². The van der Waals surface area contributed by atoms with Crippen LogP contribution in [0.5, 0.6) is 0 Å². The van der Waals surface area contributed by atoms with Crippen molar-refractivity contribution in [3.05, 3.63) is 58.9 Å². The first-order chi connectivity index (χ1) is 13.3. The molecule has 28 heavy (non-hydrogen) atoms. The van der Waals surface area contributed by atoms with Gasteiger partial charge >= 0.3 is 0 Å². The zero-order chi connectivity index (χ0) is 20.4. The van der Waals surface area contributed by atoms with Gasteiger partial charge in [-0.3, -0.25) is 9.78 Å². The van der Waals surface area contributed by atoms with Gasteiger partial charge in [0.05, 0.1) is 5.69 Å². The summed E-state index contributed by atoms with van der Waals surface area (Å²) >= 11 is 0. The summed E-state index contributed by atoms with van der Waals surface area (Å²) in [5.74, 6) is -0.192. The van der Waals surface area contributed by atoms with Gasteiger partial charge in [0.15, 0.2) is 0 Å². The van der Waals surface area contributed by atoms with Gasteiger partial charge in [-0.25, -0.2) is 8.78 Å². The average molecular weight is 383 g/mol. The number of Topliss-reactive ketones (excluding diaryl/α,β-unsaturated/α-hetero) is 1. The fraction of sp³-hybridized carbons (Fsp3) is 0.417. The van der Waals surface area contributed by atoms with Gasteiger partial charge < -0.3 is 0 Å². The molecule has 0 fully saturated rings. The van der Waals surface area contributed by atoms with E-state index in [1.54, 1.807) is 6.20 Å². The predicted octanol–water partition coefficient (Wildman–Crippen LogP) is 6.16. The highest BCUT2D eigenvalue weighted by atomic mass is 19.1. The van der Waals surface area contributed by atoms with Gasteiger partial charge in [0.1, 0.15) is 17.4 Å². The first kappa shape index (κ1) is 20.4. The van der Waals surface area contributed by atoms with E-state index in [1.807, 2.05) is 19.1 Å². The van der Waals surface area contributed by atoms with Crippen LogP contribution in [0.4, 0.5) is 8.78 Å². The van der Waals surface area contributed by atoms with Crippen LogP contribution in [0.3, 0.4) is 0 Å². The highest BCUT2D eigenvalue weighted by Gasteiger charge is 2.22. The molecule has 0 bridgehead atoms. The molecule has 1 aliphatic carbocycles. The van der Waals surface area contributed by atoms with Crippen LogP contribution >= 0.6 is 0 Å². The molecule has 2 nitrogen and oxygen atoms in total. The van der Waals surface area contributed by atoms with E-state index in [4.69, 9.17) is 0 Å². The van der Waals surface area contributed by atoms with E-state index in [9.17, 15) is 13.6 Å². The fourth-order valence-corrected chi connectivity index (χ4v) is 3.55. The Bertz CT molecular complexity index is 917. The van der Waals surface area contributed by atoms with Crippen molar-refractivity contribution in [3.63, 3.8) is 0 Å². The molecule has 0 amide bonds. The second-order valence-corrected chi connectivity index (χ2v) is 8.16. The summed E-state index contributed by atoms with van der Waals surface area (Å²) in [5.41, 5.74) is 2.91. The van der Waals surface area contributed by atoms with Gasteiger partial charge in [0.2, 0.25) is 0 Å². The molecule has 2 aromatic rings. The Morgan fingerprint density at radius 3 is 2.71 bits per heavy atom. The monoisotopic (exact) mass is 383 g/mol. The van der Waals surface area contributed by atoms with Crippen LogP contribution in [0, 0.1) is 36.3 Å². The molecule has 1 aromatic heterocycles. The number of hydrogen-bond donors (Lipinski definition) is 0. The third-order valence-electron chi connectivity index (χ3n) is 5.91. The normalized spacial score (nSPS) is 17.3. The number of aryl methyl sites for hydroxylation is 1. The van der Waals surface area contributed by atoms with Crippen molar-refractivity contribution in [1.82, 2.24) is 4.98 Å². The largest absolute Gasteiger partial charge is 0.299 e. The van der Waals surface area contributed by atoms with E-state index in [-0.39, 0.29) is 17.4 Å². The first-order valence-corrected chi connectivity index (χ1v) is 9.92. The molecule has 0 aliphatic heterocycles. The average Bonchev–Trinajstić information content (AvgIpc) is 2.87. The Hall–Kier alpha value is -2.36. The molecular formula is C24H27F2NO. The Kier molecular flexibility index (Phi) is 6.07. The van der Waals surface area contributed by atoms with Crippen LogP contribution in [0.15, 0.2) is 30.5 Å². The van der Waals surface area contributed by atoms with Crippen molar-refractivity contribution in [1.29, 1.82) is 0 Å². The van der Waals surface area contributed by atoms with Crippen molar-refractivity contribution in [2.45, 2.75) is 47.0 Å². The summed E-state index contributed by atoms with van der Waals surface area (Å²) in [6.07, 6.45) is 7.85. The Balaban J connectivity index is 1.80. The lowest BCUT2D eigenvalue weighted by atomic mass is 9.86. The number of pyridine rings is 1. The zero-order valence-corrected chi connectivity index (χ0v) is 16.9. The molecule has 0 saturated heterocycles. The topological polar surface area (TPSA) is 30.0 Å². The number of carbonyl (C=O) groups is 1. The highest BCUT2D eigenvalue weighted by Crippen LogP contribution is 2.30. The minimum absolute atomic E-state index is 0.0187. The van der Waals surface area contributed by atoms with E-state index < -0.39 is 11.6 Å². The van der Waals surface area contributed by atoms with E-state index in [2.05, 4.69) is 24.9 Å². The minimum Gasteiger partial charge on any atom is -0.299 e. The maximum absolute atomic E-state index is 14.5. The predicted molar refractivity (Wildman–Crippen MR) is 109 cm³/mol. The Morgan fingerprint density at radius 1 is 1.25 bits per heavy atom. The molecule has 4 heteroatoms. The quantitative estimate of drug-likeness (QED) is 0.619. The molecule has 148 valence electrons. The summed E-state index contributed by atoms with van der Waals surface area (Å²) < 4.78 is 28.1. The smallest absolute Gasteiger partial charge is 0.136 e. The second-order valence-electron chi connectivity index (χ2n) is 8.16. The van der Waals surface area contributed by atoms with E-state index in [0.29, 0.717) is 29.2 Å². The van der Waals surface area contributed by atoms with Crippen LogP contribution < -0.4 is 0 Å². The minimum atomic E-state index is -0.546. The summed E-state index contributed by atoms with van der Waals surface area (Å²) in [6, 6.07) is 4.68. The van der Waals surface area contributed by atoms with Crippen LogP contribution in [-0.2, 0) is 11.2 Å². The molecule has 1 heterocycles. The molecule has 0 N–H and O–H groups in total. The van der Waals surface area contributed by atoms with Crippen molar-refractivity contribution >= 4 is 11.9 Å². The van der Waals surface area contributed by atoms with Crippen LogP contribution in [0.25, 0.3) is 17.2 Å². The SMILES string of the molecule is Cc1c(F)ccc(-c2cnc3c(c2)CCC(CC(=O)C(C)C(C)C)C=C3)c1F. The van der Waals surface area contributed by atoms with Crippen LogP contribution in [-0.4, -0.2) is 10.8 Å². The van der Waals surface area contributed by atoms with Gasteiger partial charge in [-0.1, -0.05) is 26.8 Å². The number of halogens is 2. The van der Waals surface area contributed by atoms with Gasteiger partial charge in [0, 0.05) is 35.2 Å². The molecule has 1 aliphatic rings. The van der Waals surface area contributed by atoms with Gasteiger partial charge in [0.25, 0.3) is 0 Å².